The zero-order valence-corrected chi connectivity index (χ0v) is 8.03. The molecule has 0 aromatic heterocycles. The quantitative estimate of drug-likeness (QED) is 0.624. The molecule has 0 aliphatic carbocycles. The van der Waals surface area contributed by atoms with Crippen molar-refractivity contribution in [2.45, 2.75) is 25.9 Å². The van der Waals surface area contributed by atoms with Gasteiger partial charge in [0.15, 0.2) is 5.92 Å². The van der Waals surface area contributed by atoms with Crippen LogP contribution in [0.5, 0.6) is 0 Å². The second-order valence-corrected chi connectivity index (χ2v) is 3.68. The summed E-state index contributed by atoms with van der Waals surface area (Å²) >= 11 is 0. The third-order valence-corrected chi connectivity index (χ3v) is 1.94. The molecule has 4 heteroatoms. The predicted octanol–water partition coefficient (Wildman–Crippen LogP) is 1.63. The molecular formula is C10H9N3O. The molecule has 0 N–H and O–H groups in total. The average Bonchev–Trinajstić information content (AvgIpc) is 2.44. The number of ether oxygens (including phenoxy) is 1. The number of nitriles is 3. The number of rotatable bonds is 1. The molecule has 0 aromatic carbocycles. The Morgan fingerprint density at radius 2 is 1.86 bits per heavy atom. The molecule has 70 valence electrons. The van der Waals surface area contributed by atoms with Crippen LogP contribution in [0.4, 0.5) is 0 Å². The van der Waals surface area contributed by atoms with Gasteiger partial charge in [-0.2, -0.15) is 15.8 Å². The summed E-state index contributed by atoms with van der Waals surface area (Å²) in [4.78, 5) is 0. The molecule has 0 saturated heterocycles. The SMILES string of the molecule is CC1(C)CC(C#N)=C(C(C#N)C#N)O1. The molecule has 1 aliphatic heterocycles. The summed E-state index contributed by atoms with van der Waals surface area (Å²) < 4.78 is 5.41. The Labute approximate surface area is 82.6 Å². The third-order valence-electron chi connectivity index (χ3n) is 1.94. The van der Waals surface area contributed by atoms with Crippen LogP contribution in [0.15, 0.2) is 11.3 Å². The Bertz CT molecular complexity index is 387. The molecule has 0 unspecified atom stereocenters. The molecular weight excluding hydrogens is 178 g/mol. The Kier molecular flexibility index (Phi) is 2.45. The van der Waals surface area contributed by atoms with E-state index in [1.165, 1.54) is 0 Å². The Morgan fingerprint density at radius 3 is 2.29 bits per heavy atom. The highest BCUT2D eigenvalue weighted by atomic mass is 16.5. The first-order valence-electron chi connectivity index (χ1n) is 4.15. The molecule has 0 spiro atoms. The van der Waals surface area contributed by atoms with Gasteiger partial charge in [-0.1, -0.05) is 0 Å². The van der Waals surface area contributed by atoms with Gasteiger partial charge in [-0.3, -0.25) is 0 Å². The van der Waals surface area contributed by atoms with E-state index < -0.39 is 11.5 Å². The van der Waals surface area contributed by atoms with Crippen molar-refractivity contribution in [3.05, 3.63) is 11.3 Å². The monoisotopic (exact) mass is 187 g/mol. The fourth-order valence-electron chi connectivity index (χ4n) is 1.38. The number of hydrogen-bond donors (Lipinski definition) is 0. The Morgan fingerprint density at radius 1 is 1.29 bits per heavy atom. The van der Waals surface area contributed by atoms with Gasteiger partial charge in [-0.05, 0) is 13.8 Å². The van der Waals surface area contributed by atoms with Crippen LogP contribution in [0.25, 0.3) is 0 Å². The standard InChI is InChI=1S/C10H9N3O/c1-10(2)3-7(4-11)9(14-10)8(5-12)6-13/h8H,3H2,1-2H3. The van der Waals surface area contributed by atoms with Crippen molar-refractivity contribution in [2.24, 2.45) is 5.92 Å². The third kappa shape index (κ3) is 1.68. The smallest absolute Gasteiger partial charge is 0.191 e. The van der Waals surface area contributed by atoms with Crippen molar-refractivity contribution in [1.29, 1.82) is 15.8 Å². The van der Waals surface area contributed by atoms with Crippen LogP contribution in [0.1, 0.15) is 20.3 Å². The van der Waals surface area contributed by atoms with E-state index >= 15 is 0 Å². The second-order valence-electron chi connectivity index (χ2n) is 3.68. The van der Waals surface area contributed by atoms with Crippen molar-refractivity contribution in [3.8, 4) is 18.2 Å². The lowest BCUT2D eigenvalue weighted by Crippen LogP contribution is -2.19. The van der Waals surface area contributed by atoms with E-state index in [9.17, 15) is 0 Å². The molecule has 1 rings (SSSR count). The topological polar surface area (TPSA) is 80.6 Å². The first kappa shape index (κ1) is 10.1. The van der Waals surface area contributed by atoms with E-state index in [4.69, 9.17) is 20.5 Å². The largest absolute Gasteiger partial charge is 0.488 e. The maximum atomic E-state index is 8.80. The summed E-state index contributed by atoms with van der Waals surface area (Å²) in [6, 6.07) is 5.57. The van der Waals surface area contributed by atoms with Crippen LogP contribution < -0.4 is 0 Å². The number of nitrogens with zero attached hydrogens (tertiary/aromatic N) is 3. The molecule has 0 amide bonds. The zero-order chi connectivity index (χ0) is 10.8. The van der Waals surface area contributed by atoms with Crippen LogP contribution in [-0.2, 0) is 4.74 Å². The van der Waals surface area contributed by atoms with Gasteiger partial charge >= 0.3 is 0 Å². The van der Waals surface area contributed by atoms with Crippen LogP contribution in [0.3, 0.4) is 0 Å². The van der Waals surface area contributed by atoms with E-state index in [2.05, 4.69) is 0 Å². The van der Waals surface area contributed by atoms with Gasteiger partial charge in [0.05, 0.1) is 23.8 Å². The average molecular weight is 187 g/mol. The minimum atomic E-state index is -0.966. The Hall–Kier alpha value is -1.99. The van der Waals surface area contributed by atoms with E-state index in [0.717, 1.165) is 0 Å². The predicted molar refractivity (Wildman–Crippen MR) is 47.1 cm³/mol. The van der Waals surface area contributed by atoms with Crippen LogP contribution in [-0.4, -0.2) is 5.60 Å². The van der Waals surface area contributed by atoms with Crippen LogP contribution in [0.2, 0.25) is 0 Å². The van der Waals surface area contributed by atoms with E-state index in [-0.39, 0.29) is 5.76 Å². The summed E-state index contributed by atoms with van der Waals surface area (Å²) in [7, 11) is 0. The van der Waals surface area contributed by atoms with Gasteiger partial charge in [-0.15, -0.1) is 0 Å². The summed E-state index contributed by atoms with van der Waals surface area (Å²) in [6.07, 6.45) is 0.457. The van der Waals surface area contributed by atoms with Gasteiger partial charge in [0.1, 0.15) is 11.4 Å². The molecule has 0 atom stereocenters. The first-order valence-corrected chi connectivity index (χ1v) is 4.15. The lowest BCUT2D eigenvalue weighted by molar-refractivity contribution is 0.0544. The fourth-order valence-corrected chi connectivity index (χ4v) is 1.38. The van der Waals surface area contributed by atoms with Gasteiger partial charge in [0.2, 0.25) is 0 Å². The van der Waals surface area contributed by atoms with Crippen molar-refractivity contribution in [2.75, 3.05) is 0 Å². The van der Waals surface area contributed by atoms with Crippen molar-refractivity contribution in [3.63, 3.8) is 0 Å². The molecule has 0 radical (unpaired) electrons. The maximum Gasteiger partial charge on any atom is 0.191 e. The van der Waals surface area contributed by atoms with Crippen molar-refractivity contribution < 1.29 is 4.74 Å². The van der Waals surface area contributed by atoms with Gasteiger partial charge in [0.25, 0.3) is 0 Å². The van der Waals surface area contributed by atoms with Crippen molar-refractivity contribution >= 4 is 0 Å². The van der Waals surface area contributed by atoms with E-state index in [0.29, 0.717) is 12.0 Å². The van der Waals surface area contributed by atoms with Crippen LogP contribution in [0, 0.1) is 39.9 Å². The molecule has 1 aliphatic rings. The van der Waals surface area contributed by atoms with E-state index in [1.807, 2.05) is 19.9 Å². The minimum absolute atomic E-state index is 0.225. The summed E-state index contributed by atoms with van der Waals surface area (Å²) in [6.45, 7) is 3.65. The van der Waals surface area contributed by atoms with E-state index in [1.54, 1.807) is 12.1 Å². The molecule has 0 bridgehead atoms. The second kappa shape index (κ2) is 3.40. The highest BCUT2D eigenvalue weighted by Gasteiger charge is 2.36. The minimum Gasteiger partial charge on any atom is -0.488 e. The summed E-state index contributed by atoms with van der Waals surface area (Å²) in [5, 5.41) is 26.1. The Balaban J connectivity index is 3.05. The van der Waals surface area contributed by atoms with Crippen LogP contribution >= 0.6 is 0 Å². The lowest BCUT2D eigenvalue weighted by atomic mass is 10.00. The summed E-state index contributed by atoms with van der Waals surface area (Å²) in [5.74, 6) is -0.742. The van der Waals surface area contributed by atoms with Gasteiger partial charge < -0.3 is 4.74 Å². The summed E-state index contributed by atoms with van der Waals surface area (Å²) in [5.41, 5.74) is -0.0742. The lowest BCUT2D eigenvalue weighted by Gasteiger charge is -2.19. The normalized spacial score (nSPS) is 18.3. The fraction of sp³-hybridized carbons (Fsp3) is 0.500. The van der Waals surface area contributed by atoms with Gasteiger partial charge in [-0.25, -0.2) is 0 Å². The van der Waals surface area contributed by atoms with Crippen molar-refractivity contribution in [1.82, 2.24) is 0 Å². The molecule has 0 saturated carbocycles. The zero-order valence-electron chi connectivity index (χ0n) is 8.03. The molecule has 1 heterocycles. The molecule has 0 fully saturated rings. The van der Waals surface area contributed by atoms with Gasteiger partial charge in [0, 0.05) is 6.42 Å². The molecule has 4 nitrogen and oxygen atoms in total. The first-order chi connectivity index (χ1) is 6.54. The highest BCUT2D eigenvalue weighted by molar-refractivity contribution is 5.36. The highest BCUT2D eigenvalue weighted by Crippen LogP contribution is 2.36. The molecule has 0 aromatic rings. The maximum absolute atomic E-state index is 8.80. The number of allylic oxidation sites excluding steroid dienone is 1. The number of hydrogen-bond acceptors (Lipinski definition) is 4. The molecule has 14 heavy (non-hydrogen) atoms.